The van der Waals surface area contributed by atoms with Crippen molar-refractivity contribution < 1.29 is 28.2 Å². The topological polar surface area (TPSA) is 57.5 Å². The molecule has 1 saturated carbocycles. The summed E-state index contributed by atoms with van der Waals surface area (Å²) < 4.78 is 38.9. The number of carboxylic acid groups (broad SMARTS) is 1. The first-order chi connectivity index (χ1) is 8.68. The first-order valence-corrected chi connectivity index (χ1v) is 5.90. The monoisotopic (exact) mass is 294 g/mol. The molecule has 0 amide bonds. The number of rotatable bonds is 2. The van der Waals surface area contributed by atoms with Gasteiger partial charge in [-0.05, 0) is 30.5 Å². The molecule has 0 spiro atoms. The van der Waals surface area contributed by atoms with Crippen LogP contribution in [0.25, 0.3) is 0 Å². The molecule has 0 unspecified atom stereocenters. The SMILES string of the molecule is O=C(O)C1(c2cc(Cl)c(O)cc2C(F)(F)F)CCC1. The Bertz CT molecular complexity index is 536. The molecule has 0 aliphatic heterocycles. The van der Waals surface area contributed by atoms with Gasteiger partial charge in [-0.2, -0.15) is 13.2 Å². The van der Waals surface area contributed by atoms with Gasteiger partial charge in [-0.25, -0.2) is 0 Å². The third-order valence-electron chi connectivity index (χ3n) is 3.52. The maximum Gasteiger partial charge on any atom is 0.416 e. The maximum atomic E-state index is 13.0. The molecule has 19 heavy (non-hydrogen) atoms. The Kier molecular flexibility index (Phi) is 3.16. The number of aromatic hydroxyl groups is 1. The van der Waals surface area contributed by atoms with Crippen LogP contribution in [0.4, 0.5) is 13.2 Å². The van der Waals surface area contributed by atoms with Gasteiger partial charge in [0.05, 0.1) is 16.0 Å². The minimum absolute atomic E-state index is 0.131. The fraction of sp³-hybridized carbons (Fsp3) is 0.417. The average molecular weight is 295 g/mol. The molecule has 7 heteroatoms. The molecule has 1 aromatic carbocycles. The van der Waals surface area contributed by atoms with Crippen molar-refractivity contribution in [2.75, 3.05) is 0 Å². The highest BCUT2D eigenvalue weighted by Gasteiger charge is 2.50. The number of phenolic OH excluding ortho intramolecular Hbond substituents is 1. The second kappa shape index (κ2) is 4.30. The number of carboxylic acids is 1. The molecule has 1 aliphatic rings. The second-order valence-corrected chi connectivity index (χ2v) is 4.99. The molecule has 0 aromatic heterocycles. The molecule has 0 saturated heterocycles. The summed E-state index contributed by atoms with van der Waals surface area (Å²) >= 11 is 5.62. The van der Waals surface area contributed by atoms with Gasteiger partial charge in [-0.1, -0.05) is 18.0 Å². The average Bonchev–Trinajstić information content (AvgIpc) is 2.18. The lowest BCUT2D eigenvalue weighted by Gasteiger charge is -2.39. The van der Waals surface area contributed by atoms with Crippen LogP contribution in [0.3, 0.4) is 0 Å². The number of hydrogen-bond acceptors (Lipinski definition) is 2. The summed E-state index contributed by atoms with van der Waals surface area (Å²) in [5, 5.41) is 18.2. The lowest BCUT2D eigenvalue weighted by atomic mass is 9.63. The predicted octanol–water partition coefficient (Wildman–Crippen LogP) is 3.57. The molecule has 2 rings (SSSR count). The van der Waals surface area contributed by atoms with Crippen molar-refractivity contribution in [3.05, 3.63) is 28.3 Å². The Balaban J connectivity index is 2.68. The number of carbonyl (C=O) groups is 1. The van der Waals surface area contributed by atoms with E-state index in [1.54, 1.807) is 0 Å². The summed E-state index contributed by atoms with van der Waals surface area (Å²) in [6, 6.07) is 1.40. The van der Waals surface area contributed by atoms with Crippen LogP contribution in [-0.4, -0.2) is 16.2 Å². The highest BCUT2D eigenvalue weighted by molar-refractivity contribution is 6.32. The molecular formula is C12H10ClF3O3. The van der Waals surface area contributed by atoms with Gasteiger partial charge in [0.2, 0.25) is 0 Å². The molecule has 1 aromatic rings. The summed E-state index contributed by atoms with van der Waals surface area (Å²) in [5.74, 6) is -2.01. The van der Waals surface area contributed by atoms with Crippen LogP contribution in [0.2, 0.25) is 5.02 Å². The smallest absolute Gasteiger partial charge is 0.416 e. The highest BCUT2D eigenvalue weighted by atomic mass is 35.5. The van der Waals surface area contributed by atoms with Gasteiger partial charge in [0.15, 0.2) is 0 Å². The minimum atomic E-state index is -4.74. The molecule has 0 atom stereocenters. The van der Waals surface area contributed by atoms with Crippen molar-refractivity contribution in [1.29, 1.82) is 0 Å². The van der Waals surface area contributed by atoms with Gasteiger partial charge in [-0.3, -0.25) is 4.79 Å². The Morgan fingerprint density at radius 1 is 1.32 bits per heavy atom. The number of hydrogen-bond donors (Lipinski definition) is 2. The van der Waals surface area contributed by atoms with Crippen LogP contribution in [0.5, 0.6) is 5.75 Å². The van der Waals surface area contributed by atoms with E-state index in [0.717, 1.165) is 6.07 Å². The summed E-state index contributed by atoms with van der Waals surface area (Å²) in [7, 11) is 0. The molecule has 0 bridgehead atoms. The molecule has 3 nitrogen and oxygen atoms in total. The van der Waals surface area contributed by atoms with Gasteiger partial charge in [0, 0.05) is 0 Å². The Labute approximate surface area is 111 Å². The fourth-order valence-electron chi connectivity index (χ4n) is 2.32. The number of benzene rings is 1. The molecule has 1 aliphatic carbocycles. The lowest BCUT2D eigenvalue weighted by molar-refractivity contribution is -0.149. The normalized spacial score (nSPS) is 17.9. The van der Waals surface area contributed by atoms with Gasteiger partial charge in [0.25, 0.3) is 0 Å². The van der Waals surface area contributed by atoms with Crippen LogP contribution in [0.15, 0.2) is 12.1 Å². The van der Waals surface area contributed by atoms with Crippen LogP contribution in [0.1, 0.15) is 30.4 Å². The number of alkyl halides is 3. The summed E-state index contributed by atoms with van der Waals surface area (Å²) in [5.41, 5.74) is -3.07. The van der Waals surface area contributed by atoms with Crippen molar-refractivity contribution in [3.63, 3.8) is 0 Å². The van der Waals surface area contributed by atoms with E-state index in [2.05, 4.69) is 0 Å². The Morgan fingerprint density at radius 2 is 1.89 bits per heavy atom. The van der Waals surface area contributed by atoms with E-state index < -0.39 is 28.9 Å². The van der Waals surface area contributed by atoms with Gasteiger partial charge >= 0.3 is 12.1 Å². The van der Waals surface area contributed by atoms with Crippen molar-refractivity contribution in [3.8, 4) is 5.75 Å². The van der Waals surface area contributed by atoms with E-state index in [1.165, 1.54) is 0 Å². The largest absolute Gasteiger partial charge is 0.506 e. The molecule has 2 N–H and O–H groups in total. The standard InChI is InChI=1S/C12H10ClF3O3/c13-8-4-6(11(10(18)19)2-1-3-11)7(5-9(8)17)12(14,15)16/h4-5,17H,1-3H2,(H,18,19). The van der Waals surface area contributed by atoms with Crippen LogP contribution in [0, 0.1) is 0 Å². The summed E-state index contributed by atoms with van der Waals surface area (Å²) in [4.78, 5) is 11.3. The van der Waals surface area contributed by atoms with Crippen molar-refractivity contribution in [2.45, 2.75) is 30.9 Å². The van der Waals surface area contributed by atoms with Gasteiger partial charge < -0.3 is 10.2 Å². The van der Waals surface area contributed by atoms with Crippen LogP contribution >= 0.6 is 11.6 Å². The lowest BCUT2D eigenvalue weighted by Crippen LogP contribution is -2.43. The van der Waals surface area contributed by atoms with E-state index in [1.807, 2.05) is 0 Å². The zero-order valence-corrected chi connectivity index (χ0v) is 10.3. The zero-order valence-electron chi connectivity index (χ0n) is 9.59. The zero-order chi connectivity index (χ0) is 14.4. The number of phenols is 1. The quantitative estimate of drug-likeness (QED) is 0.876. The van der Waals surface area contributed by atoms with Gasteiger partial charge in [-0.15, -0.1) is 0 Å². The van der Waals surface area contributed by atoms with E-state index in [9.17, 15) is 28.2 Å². The fourth-order valence-corrected chi connectivity index (χ4v) is 2.48. The number of halogens is 4. The van der Waals surface area contributed by atoms with E-state index in [-0.39, 0.29) is 23.4 Å². The molecule has 1 fully saturated rings. The van der Waals surface area contributed by atoms with Crippen molar-refractivity contribution in [1.82, 2.24) is 0 Å². The Morgan fingerprint density at radius 3 is 2.26 bits per heavy atom. The first-order valence-electron chi connectivity index (χ1n) is 5.52. The van der Waals surface area contributed by atoms with Crippen LogP contribution < -0.4 is 0 Å². The molecular weight excluding hydrogens is 285 g/mol. The second-order valence-electron chi connectivity index (χ2n) is 4.59. The van der Waals surface area contributed by atoms with Crippen molar-refractivity contribution >= 4 is 17.6 Å². The van der Waals surface area contributed by atoms with Gasteiger partial charge in [0.1, 0.15) is 5.75 Å². The molecule has 0 radical (unpaired) electrons. The highest BCUT2D eigenvalue weighted by Crippen LogP contribution is 2.50. The maximum absolute atomic E-state index is 13.0. The first kappa shape index (κ1) is 14.0. The van der Waals surface area contributed by atoms with Crippen LogP contribution in [-0.2, 0) is 16.4 Å². The van der Waals surface area contributed by atoms with E-state index in [4.69, 9.17) is 11.6 Å². The Hall–Kier alpha value is -1.43. The minimum Gasteiger partial charge on any atom is -0.506 e. The predicted molar refractivity (Wildman–Crippen MR) is 61.3 cm³/mol. The third kappa shape index (κ3) is 2.14. The summed E-state index contributed by atoms with van der Waals surface area (Å²) in [6.07, 6.45) is -3.93. The van der Waals surface area contributed by atoms with Crippen molar-refractivity contribution in [2.24, 2.45) is 0 Å². The van der Waals surface area contributed by atoms with E-state index >= 15 is 0 Å². The summed E-state index contributed by atoms with van der Waals surface area (Å²) in [6.45, 7) is 0. The molecule has 0 heterocycles. The third-order valence-corrected chi connectivity index (χ3v) is 3.83. The molecule has 104 valence electrons. The van der Waals surface area contributed by atoms with E-state index in [0.29, 0.717) is 12.5 Å². The number of aliphatic carboxylic acids is 1.